The summed E-state index contributed by atoms with van der Waals surface area (Å²) in [4.78, 5) is 10.5. The molecule has 1 aliphatic heterocycles. The molecule has 1 saturated carbocycles. The molecule has 1 fully saturated rings. The van der Waals surface area contributed by atoms with E-state index in [-0.39, 0.29) is 13.1 Å². The van der Waals surface area contributed by atoms with Crippen molar-refractivity contribution in [3.05, 3.63) is 72.3 Å². The van der Waals surface area contributed by atoms with Crippen LogP contribution in [0.25, 0.3) is 11.1 Å². The Labute approximate surface area is 226 Å². The van der Waals surface area contributed by atoms with Crippen LogP contribution in [0.1, 0.15) is 49.8 Å². The van der Waals surface area contributed by atoms with Crippen molar-refractivity contribution in [2.24, 2.45) is 5.92 Å². The number of halogens is 3. The Balaban J connectivity index is 1.64. The van der Waals surface area contributed by atoms with Gasteiger partial charge in [0, 0.05) is 49.1 Å². The Bertz CT molecular complexity index is 1400. The van der Waals surface area contributed by atoms with Gasteiger partial charge in [-0.3, -0.25) is 9.97 Å². The number of hydrogen-bond acceptors (Lipinski definition) is 6. The number of hydrogen-bond donors (Lipinski definition) is 1. The third-order valence-corrected chi connectivity index (χ3v) is 9.37. The van der Waals surface area contributed by atoms with Crippen molar-refractivity contribution in [1.82, 2.24) is 14.3 Å². The minimum atomic E-state index is -5.58. The molecule has 2 aromatic heterocycles. The maximum absolute atomic E-state index is 13.9. The van der Waals surface area contributed by atoms with Crippen LogP contribution >= 0.6 is 0 Å². The van der Waals surface area contributed by atoms with Crippen LogP contribution in [0.4, 0.5) is 24.5 Å². The molecule has 2 N–H and O–H groups in total. The van der Waals surface area contributed by atoms with Gasteiger partial charge < -0.3 is 10.6 Å². The Hall–Kier alpha value is -3.18. The van der Waals surface area contributed by atoms with Crippen LogP contribution in [-0.2, 0) is 23.1 Å². The first-order chi connectivity index (χ1) is 18.6. The van der Waals surface area contributed by atoms with Crippen LogP contribution in [0.5, 0.6) is 0 Å². The topological polar surface area (TPSA) is 92.4 Å². The van der Waals surface area contributed by atoms with Crippen molar-refractivity contribution in [3.8, 4) is 11.1 Å². The molecule has 0 amide bonds. The number of nitrogens with zero attached hydrogens (tertiary/aromatic N) is 4. The van der Waals surface area contributed by atoms with Gasteiger partial charge in [-0.1, -0.05) is 37.8 Å². The van der Waals surface area contributed by atoms with Crippen molar-refractivity contribution < 1.29 is 21.6 Å². The third-order valence-electron chi connectivity index (χ3n) is 7.83. The van der Waals surface area contributed by atoms with E-state index >= 15 is 0 Å². The summed E-state index contributed by atoms with van der Waals surface area (Å²) in [7, 11) is -5.58. The molecule has 3 aromatic rings. The smallest absolute Gasteiger partial charge is 0.399 e. The van der Waals surface area contributed by atoms with Gasteiger partial charge in [-0.2, -0.15) is 17.5 Å². The van der Waals surface area contributed by atoms with Gasteiger partial charge in [0.25, 0.3) is 0 Å². The maximum atomic E-state index is 13.9. The highest BCUT2D eigenvalue weighted by Crippen LogP contribution is 2.40. The molecule has 7 nitrogen and oxygen atoms in total. The predicted molar refractivity (Wildman–Crippen MR) is 145 cm³/mol. The summed E-state index contributed by atoms with van der Waals surface area (Å²) in [6.07, 6.45) is 10.7. The van der Waals surface area contributed by atoms with E-state index in [1.165, 1.54) is 0 Å². The zero-order valence-corrected chi connectivity index (χ0v) is 22.3. The number of nitrogen functional groups attached to an aromatic ring is 1. The summed E-state index contributed by atoms with van der Waals surface area (Å²) in [6.45, 7) is -0.384. The highest BCUT2D eigenvalue weighted by Gasteiger charge is 2.51. The van der Waals surface area contributed by atoms with Gasteiger partial charge in [-0.25, -0.2) is 8.42 Å². The lowest BCUT2D eigenvalue weighted by Crippen LogP contribution is -2.47. The monoisotopic (exact) mass is 559 g/mol. The van der Waals surface area contributed by atoms with Gasteiger partial charge in [-0.05, 0) is 65.8 Å². The Morgan fingerprint density at radius 1 is 1.00 bits per heavy atom. The van der Waals surface area contributed by atoms with Crippen molar-refractivity contribution in [2.75, 3.05) is 17.2 Å². The van der Waals surface area contributed by atoms with Crippen LogP contribution in [0, 0.1) is 5.92 Å². The molecule has 1 unspecified atom stereocenters. The normalized spacial score (nSPS) is 19.2. The fraction of sp³-hybridized carbons (Fsp3) is 0.429. The average molecular weight is 560 g/mol. The van der Waals surface area contributed by atoms with E-state index in [0.717, 1.165) is 37.7 Å². The summed E-state index contributed by atoms with van der Waals surface area (Å²) in [5, 5.41) is 0. The molecule has 0 spiro atoms. The van der Waals surface area contributed by atoms with Crippen LogP contribution in [-0.4, -0.2) is 40.8 Å². The fourth-order valence-corrected chi connectivity index (χ4v) is 6.82. The molecule has 0 radical (unpaired) electrons. The van der Waals surface area contributed by atoms with E-state index in [4.69, 9.17) is 5.73 Å². The third kappa shape index (κ3) is 5.89. The lowest BCUT2D eigenvalue weighted by molar-refractivity contribution is -0.0492. The van der Waals surface area contributed by atoms with Crippen molar-refractivity contribution in [2.45, 2.75) is 63.2 Å². The molecule has 5 rings (SSSR count). The molecule has 0 bridgehead atoms. The zero-order valence-electron chi connectivity index (χ0n) is 21.5. The molecule has 39 heavy (non-hydrogen) atoms. The van der Waals surface area contributed by atoms with E-state index in [0.29, 0.717) is 44.8 Å². The lowest BCUT2D eigenvalue weighted by atomic mass is 9.96. The molecule has 2 aliphatic rings. The van der Waals surface area contributed by atoms with Crippen LogP contribution in [0.15, 0.2) is 61.1 Å². The van der Waals surface area contributed by atoms with Gasteiger partial charge in [0.15, 0.2) is 0 Å². The minimum Gasteiger partial charge on any atom is -0.399 e. The molecule has 11 heteroatoms. The second-order valence-electron chi connectivity index (χ2n) is 10.4. The summed E-state index contributed by atoms with van der Waals surface area (Å²) in [5.41, 5.74) is 4.43. The first-order valence-corrected chi connectivity index (χ1v) is 14.6. The summed E-state index contributed by atoms with van der Waals surface area (Å²) >= 11 is 0. The number of nitrogens with two attached hydrogens (primary N) is 1. The zero-order chi connectivity index (χ0) is 27.6. The number of sulfonamides is 1. The number of fused-ring (bicyclic) bond motifs is 1. The van der Waals surface area contributed by atoms with Crippen molar-refractivity contribution in [1.29, 1.82) is 0 Å². The van der Waals surface area contributed by atoms with Crippen LogP contribution in [0.2, 0.25) is 0 Å². The second-order valence-corrected chi connectivity index (χ2v) is 12.3. The number of aromatic nitrogens is 2. The number of benzene rings is 1. The Kier molecular flexibility index (Phi) is 7.82. The van der Waals surface area contributed by atoms with E-state index < -0.39 is 28.1 Å². The van der Waals surface area contributed by atoms with Gasteiger partial charge in [0.05, 0.1) is 12.2 Å². The number of alkyl halides is 3. The minimum absolute atomic E-state index is 0.276. The molecule has 1 aliphatic carbocycles. The first kappa shape index (κ1) is 27.4. The largest absolute Gasteiger partial charge is 0.511 e. The highest BCUT2D eigenvalue weighted by atomic mass is 32.2. The predicted octanol–water partition coefficient (Wildman–Crippen LogP) is 5.74. The molecule has 1 aromatic carbocycles. The lowest BCUT2D eigenvalue weighted by Gasteiger charge is -2.35. The molecular formula is C28H32F3N5O2S. The van der Waals surface area contributed by atoms with Gasteiger partial charge in [0.1, 0.15) is 0 Å². The first-order valence-electron chi connectivity index (χ1n) is 13.2. The molecule has 0 saturated heterocycles. The summed E-state index contributed by atoms with van der Waals surface area (Å²) in [5.74, 6) is 0.496. The Morgan fingerprint density at radius 3 is 2.44 bits per heavy atom. The van der Waals surface area contributed by atoms with Gasteiger partial charge in [0.2, 0.25) is 0 Å². The van der Waals surface area contributed by atoms with Gasteiger partial charge >= 0.3 is 15.5 Å². The highest BCUT2D eigenvalue weighted by molar-refractivity contribution is 7.89. The summed E-state index contributed by atoms with van der Waals surface area (Å²) < 4.78 is 68.1. The number of pyridine rings is 2. The quantitative estimate of drug-likeness (QED) is 0.397. The Morgan fingerprint density at radius 2 is 1.74 bits per heavy atom. The second kappa shape index (κ2) is 11.1. The van der Waals surface area contributed by atoms with E-state index in [1.807, 2.05) is 23.1 Å². The SMILES string of the molecule is Nc1ccnc(CN2c3cccc(-c4ccncc4)c3CN(S(=O)(=O)C(F)(F)F)CC2CCC2CCCC2)c1. The number of anilines is 2. The van der Waals surface area contributed by atoms with E-state index in [9.17, 15) is 21.6 Å². The number of rotatable bonds is 7. The molecule has 208 valence electrons. The van der Waals surface area contributed by atoms with Gasteiger partial charge in [-0.15, -0.1) is 0 Å². The van der Waals surface area contributed by atoms with Crippen molar-refractivity contribution in [3.63, 3.8) is 0 Å². The standard InChI is InChI=1S/C28H32F3N5O2S/c29-28(30,31)39(37,38)35-18-24(9-8-20-4-1-2-5-20)36(17-23-16-22(32)12-15-34-23)27-7-3-6-25(26(27)19-35)21-10-13-33-14-11-21/h3,6-7,10-16,20,24H,1-2,4-5,8-9,17-19H2,(H2,32,34). The van der Waals surface area contributed by atoms with Crippen LogP contribution in [0.3, 0.4) is 0 Å². The maximum Gasteiger partial charge on any atom is 0.511 e. The van der Waals surface area contributed by atoms with Crippen LogP contribution < -0.4 is 10.6 Å². The molecular weight excluding hydrogens is 527 g/mol. The summed E-state index contributed by atoms with van der Waals surface area (Å²) in [6, 6.07) is 12.0. The van der Waals surface area contributed by atoms with Crippen molar-refractivity contribution >= 4 is 21.4 Å². The van der Waals surface area contributed by atoms with E-state index in [2.05, 4.69) is 9.97 Å². The molecule has 1 atom stereocenters. The molecule has 3 heterocycles. The average Bonchev–Trinajstić information content (AvgIpc) is 3.37. The van der Waals surface area contributed by atoms with E-state index in [1.54, 1.807) is 42.9 Å². The fourth-order valence-electron chi connectivity index (χ4n) is 5.86.